The molecule has 0 amide bonds. The summed E-state index contributed by atoms with van der Waals surface area (Å²) in [7, 11) is 0. The molecule has 0 aromatic carbocycles. The second-order valence-corrected chi connectivity index (χ2v) is 2.82. The van der Waals surface area contributed by atoms with E-state index in [0.29, 0.717) is 0 Å². The van der Waals surface area contributed by atoms with Crippen LogP contribution < -0.4 is 0 Å². The summed E-state index contributed by atoms with van der Waals surface area (Å²) in [6.45, 7) is 6.30. The van der Waals surface area contributed by atoms with Crippen LogP contribution in [-0.4, -0.2) is 0 Å². The van der Waals surface area contributed by atoms with Gasteiger partial charge in [0, 0.05) is 5.03 Å². The van der Waals surface area contributed by atoms with Crippen molar-refractivity contribution < 1.29 is 0 Å². The van der Waals surface area contributed by atoms with Gasteiger partial charge in [-0.2, -0.15) is 0 Å². The lowest BCUT2D eigenvalue weighted by molar-refractivity contribution is 1.10. The maximum absolute atomic E-state index is 5.78. The predicted molar refractivity (Wildman–Crippen MR) is 48.3 cm³/mol. The molecule has 0 bridgehead atoms. The van der Waals surface area contributed by atoms with E-state index >= 15 is 0 Å². The lowest BCUT2D eigenvalue weighted by Gasteiger charge is -1.91. The van der Waals surface area contributed by atoms with Crippen molar-refractivity contribution in [2.24, 2.45) is 0 Å². The van der Waals surface area contributed by atoms with Crippen LogP contribution in [0.25, 0.3) is 0 Å². The second-order valence-electron chi connectivity index (χ2n) is 2.33. The third-order valence-electron chi connectivity index (χ3n) is 1.44. The first-order valence-corrected chi connectivity index (χ1v) is 4.10. The normalized spacial score (nSPS) is 14.0. The van der Waals surface area contributed by atoms with E-state index in [1.54, 1.807) is 0 Å². The third kappa shape index (κ3) is 4.63. The summed E-state index contributed by atoms with van der Waals surface area (Å²) in [6, 6.07) is 0. The largest absolute Gasteiger partial charge is 0.0892 e. The minimum Gasteiger partial charge on any atom is -0.0892 e. The van der Waals surface area contributed by atoms with E-state index in [0.717, 1.165) is 17.9 Å². The molecule has 0 N–H and O–H groups in total. The molecule has 0 rings (SSSR count). The van der Waals surface area contributed by atoms with Gasteiger partial charge in [-0.3, -0.25) is 0 Å². The molecular formula is C9H15Cl. The fraction of sp³-hybridized carbons (Fsp3) is 0.556. The predicted octanol–water partition coefficient (Wildman–Crippen LogP) is 3.88. The number of allylic oxidation sites excluding steroid dienone is 4. The van der Waals surface area contributed by atoms with Gasteiger partial charge >= 0.3 is 0 Å². The summed E-state index contributed by atoms with van der Waals surface area (Å²) in [5.74, 6) is 0. The summed E-state index contributed by atoms with van der Waals surface area (Å²) >= 11 is 5.78. The minimum atomic E-state index is 0.924. The molecular weight excluding hydrogens is 144 g/mol. The van der Waals surface area contributed by atoms with Crippen LogP contribution in [0.2, 0.25) is 0 Å². The molecule has 0 heterocycles. The van der Waals surface area contributed by atoms with E-state index in [-0.39, 0.29) is 0 Å². The Labute approximate surface area is 68.6 Å². The van der Waals surface area contributed by atoms with Gasteiger partial charge in [-0.1, -0.05) is 37.1 Å². The minimum absolute atomic E-state index is 0.924. The summed E-state index contributed by atoms with van der Waals surface area (Å²) in [6.07, 6.45) is 6.08. The highest BCUT2D eigenvalue weighted by Crippen LogP contribution is 2.07. The topological polar surface area (TPSA) is 0 Å². The van der Waals surface area contributed by atoms with Crippen molar-refractivity contribution in [1.29, 1.82) is 0 Å². The monoisotopic (exact) mass is 158 g/mol. The average Bonchev–Trinajstić information content (AvgIpc) is 1.99. The highest BCUT2D eigenvalue weighted by molar-refractivity contribution is 6.29. The molecule has 0 radical (unpaired) electrons. The van der Waals surface area contributed by atoms with Crippen molar-refractivity contribution in [3.8, 4) is 0 Å². The fourth-order valence-corrected chi connectivity index (χ4v) is 0.531. The van der Waals surface area contributed by atoms with Gasteiger partial charge in [0.1, 0.15) is 0 Å². The number of rotatable bonds is 3. The van der Waals surface area contributed by atoms with Gasteiger partial charge in [0.15, 0.2) is 0 Å². The molecule has 58 valence electrons. The quantitative estimate of drug-likeness (QED) is 0.547. The Morgan fingerprint density at radius 3 is 2.20 bits per heavy atom. The number of halogens is 1. The van der Waals surface area contributed by atoms with Crippen molar-refractivity contribution in [2.45, 2.75) is 33.6 Å². The maximum Gasteiger partial charge on any atom is 0.0178 e. The van der Waals surface area contributed by atoms with Gasteiger partial charge in [0.2, 0.25) is 0 Å². The first-order chi connectivity index (χ1) is 4.70. The lowest BCUT2D eigenvalue weighted by atomic mass is 10.2. The van der Waals surface area contributed by atoms with Crippen LogP contribution in [0.3, 0.4) is 0 Å². The third-order valence-corrected chi connectivity index (χ3v) is 1.84. The Balaban J connectivity index is 3.91. The number of hydrogen-bond donors (Lipinski definition) is 0. The first kappa shape index (κ1) is 9.77. The molecule has 0 aliphatic heterocycles. The van der Waals surface area contributed by atoms with E-state index in [4.69, 9.17) is 11.6 Å². The van der Waals surface area contributed by atoms with Crippen molar-refractivity contribution in [1.82, 2.24) is 0 Å². The highest BCUT2D eigenvalue weighted by Gasteiger charge is 1.83. The Morgan fingerprint density at radius 2 is 1.80 bits per heavy atom. The molecule has 0 aliphatic rings. The lowest BCUT2D eigenvalue weighted by Crippen LogP contribution is -1.69. The zero-order chi connectivity index (χ0) is 7.98. The van der Waals surface area contributed by atoms with E-state index in [9.17, 15) is 0 Å². The molecule has 0 atom stereocenters. The van der Waals surface area contributed by atoms with Gasteiger partial charge in [-0.15, -0.1) is 0 Å². The van der Waals surface area contributed by atoms with Crippen molar-refractivity contribution >= 4 is 11.6 Å². The Morgan fingerprint density at radius 1 is 1.20 bits per heavy atom. The van der Waals surface area contributed by atoms with Crippen LogP contribution in [0.4, 0.5) is 0 Å². The fourth-order valence-electron chi connectivity index (χ4n) is 0.468. The molecule has 10 heavy (non-hydrogen) atoms. The van der Waals surface area contributed by atoms with Gasteiger partial charge in [0.05, 0.1) is 0 Å². The molecule has 0 nitrogen and oxygen atoms in total. The van der Waals surface area contributed by atoms with Gasteiger partial charge in [-0.05, 0) is 25.8 Å². The van der Waals surface area contributed by atoms with Crippen LogP contribution in [0.15, 0.2) is 22.8 Å². The SMILES string of the molecule is CC/C(C)=C/C=C(/Cl)CC. The van der Waals surface area contributed by atoms with Crippen LogP contribution in [-0.2, 0) is 0 Å². The Kier molecular flexibility index (Phi) is 5.42. The van der Waals surface area contributed by atoms with Gasteiger partial charge in [0.25, 0.3) is 0 Å². The Hall–Kier alpha value is -0.230. The summed E-state index contributed by atoms with van der Waals surface area (Å²) in [5, 5.41) is 0.924. The summed E-state index contributed by atoms with van der Waals surface area (Å²) < 4.78 is 0. The molecule has 0 aromatic rings. The van der Waals surface area contributed by atoms with Gasteiger partial charge < -0.3 is 0 Å². The van der Waals surface area contributed by atoms with E-state index < -0.39 is 0 Å². The van der Waals surface area contributed by atoms with Crippen LogP contribution >= 0.6 is 11.6 Å². The summed E-state index contributed by atoms with van der Waals surface area (Å²) in [5.41, 5.74) is 1.37. The van der Waals surface area contributed by atoms with Crippen LogP contribution in [0.1, 0.15) is 33.6 Å². The maximum atomic E-state index is 5.78. The van der Waals surface area contributed by atoms with Crippen LogP contribution in [0.5, 0.6) is 0 Å². The van der Waals surface area contributed by atoms with Crippen molar-refractivity contribution in [2.75, 3.05) is 0 Å². The standard InChI is InChI=1S/C9H15Cl/c1-4-8(3)6-7-9(10)5-2/h6-7H,4-5H2,1-3H3/b8-6+,9-7+. The molecule has 0 spiro atoms. The molecule has 0 saturated heterocycles. The van der Waals surface area contributed by atoms with Crippen molar-refractivity contribution in [3.05, 3.63) is 22.8 Å². The van der Waals surface area contributed by atoms with E-state index in [1.165, 1.54) is 5.57 Å². The molecule has 0 aromatic heterocycles. The zero-order valence-electron chi connectivity index (χ0n) is 6.95. The molecule has 1 heteroatoms. The molecule has 0 fully saturated rings. The zero-order valence-corrected chi connectivity index (χ0v) is 7.70. The molecule has 0 unspecified atom stereocenters. The second kappa shape index (κ2) is 5.55. The Bertz CT molecular complexity index is 125. The molecule has 0 saturated carbocycles. The van der Waals surface area contributed by atoms with E-state index in [2.05, 4.69) is 19.9 Å². The van der Waals surface area contributed by atoms with Crippen LogP contribution in [0, 0.1) is 0 Å². The van der Waals surface area contributed by atoms with E-state index in [1.807, 2.05) is 13.0 Å². The highest BCUT2D eigenvalue weighted by atomic mass is 35.5. The molecule has 0 aliphatic carbocycles. The van der Waals surface area contributed by atoms with Gasteiger partial charge in [-0.25, -0.2) is 0 Å². The average molecular weight is 159 g/mol. The smallest absolute Gasteiger partial charge is 0.0178 e. The summed E-state index contributed by atoms with van der Waals surface area (Å²) in [4.78, 5) is 0. The van der Waals surface area contributed by atoms with Crippen molar-refractivity contribution in [3.63, 3.8) is 0 Å². The first-order valence-electron chi connectivity index (χ1n) is 3.72. The number of hydrogen-bond acceptors (Lipinski definition) is 0.